The van der Waals surface area contributed by atoms with Gasteiger partial charge >= 0.3 is 0 Å². The highest BCUT2D eigenvalue weighted by atomic mass is 16.5. The Hall–Kier alpha value is -1.40. The van der Waals surface area contributed by atoms with Gasteiger partial charge in [-0.15, -0.1) is 0 Å². The topological polar surface area (TPSA) is 68.2 Å². The summed E-state index contributed by atoms with van der Waals surface area (Å²) < 4.78 is 7.91. The third kappa shape index (κ3) is 3.75. The molecule has 4 rings (SSSR count). The number of rotatable bonds is 5. The number of carbonyl (C=O) groups excluding carboxylic acids is 1. The predicted molar refractivity (Wildman–Crippen MR) is 95.2 cm³/mol. The predicted octanol–water partition coefficient (Wildman–Crippen LogP) is 1.55. The van der Waals surface area contributed by atoms with Gasteiger partial charge in [-0.25, -0.2) is 0 Å². The zero-order valence-corrected chi connectivity index (χ0v) is 15.4. The quantitative estimate of drug-likeness (QED) is 0.849. The van der Waals surface area contributed by atoms with E-state index in [1.807, 2.05) is 6.92 Å². The molecule has 2 aliphatic carbocycles. The van der Waals surface area contributed by atoms with Crippen LogP contribution in [0.25, 0.3) is 0 Å². The summed E-state index contributed by atoms with van der Waals surface area (Å²) in [4.78, 5) is 12.7. The van der Waals surface area contributed by atoms with Gasteiger partial charge < -0.3 is 15.4 Å². The number of morpholine rings is 1. The molecule has 1 amide bonds. The Kier molecular flexibility index (Phi) is 4.58. The van der Waals surface area contributed by atoms with Crippen molar-refractivity contribution in [3.63, 3.8) is 0 Å². The van der Waals surface area contributed by atoms with E-state index in [-0.39, 0.29) is 17.2 Å². The van der Waals surface area contributed by atoms with Crippen molar-refractivity contribution in [2.24, 2.45) is 11.3 Å². The standard InChI is InChI=1S/C19H30N4O2/c1-13-9-14(2)23(22-13)12-19(5-6-19)11-21-18(24)15-3-4-17-16(10-15)20-7-8-25-17/h9,15-17,20H,3-8,10-12H2,1-2H3,(H,21,24)/t15-,16+,17+/m0/s1. The van der Waals surface area contributed by atoms with Gasteiger partial charge in [0.2, 0.25) is 5.91 Å². The molecule has 1 aliphatic heterocycles. The second-order valence-electron chi connectivity index (χ2n) is 8.28. The van der Waals surface area contributed by atoms with Crippen molar-refractivity contribution < 1.29 is 9.53 Å². The monoisotopic (exact) mass is 346 g/mol. The first-order chi connectivity index (χ1) is 12.0. The molecule has 6 nitrogen and oxygen atoms in total. The number of nitrogens with one attached hydrogen (secondary N) is 2. The summed E-state index contributed by atoms with van der Waals surface area (Å²) >= 11 is 0. The lowest BCUT2D eigenvalue weighted by Crippen LogP contribution is -2.53. The van der Waals surface area contributed by atoms with Gasteiger partial charge in [0.05, 0.1) is 18.4 Å². The Morgan fingerprint density at radius 1 is 1.44 bits per heavy atom. The Balaban J connectivity index is 1.29. The Morgan fingerprint density at radius 2 is 2.28 bits per heavy atom. The summed E-state index contributed by atoms with van der Waals surface area (Å²) in [5.74, 6) is 0.352. The van der Waals surface area contributed by atoms with Crippen molar-refractivity contribution in [3.8, 4) is 0 Å². The first kappa shape index (κ1) is 17.0. The van der Waals surface area contributed by atoms with Crippen LogP contribution in [0.15, 0.2) is 6.07 Å². The van der Waals surface area contributed by atoms with Gasteiger partial charge in [-0.3, -0.25) is 9.48 Å². The molecule has 0 spiro atoms. The van der Waals surface area contributed by atoms with Crippen molar-refractivity contribution >= 4 is 5.91 Å². The Labute approximate surface area is 149 Å². The first-order valence-corrected chi connectivity index (χ1v) is 9.68. The molecule has 138 valence electrons. The molecule has 0 radical (unpaired) electrons. The van der Waals surface area contributed by atoms with Gasteiger partial charge in [0.25, 0.3) is 0 Å². The van der Waals surface area contributed by atoms with E-state index in [9.17, 15) is 4.79 Å². The molecule has 3 aliphatic rings. The van der Waals surface area contributed by atoms with Crippen molar-refractivity contribution in [3.05, 3.63) is 17.5 Å². The minimum absolute atomic E-state index is 0.125. The number of nitrogens with zero attached hydrogens (tertiary/aromatic N) is 2. The van der Waals surface area contributed by atoms with E-state index in [0.717, 1.165) is 51.2 Å². The average molecular weight is 346 g/mol. The van der Waals surface area contributed by atoms with Crippen LogP contribution in [0.1, 0.15) is 43.5 Å². The van der Waals surface area contributed by atoms with Crippen molar-refractivity contribution in [1.29, 1.82) is 0 Å². The molecule has 3 atom stereocenters. The minimum Gasteiger partial charge on any atom is -0.375 e. The number of aryl methyl sites for hydroxylation is 2. The smallest absolute Gasteiger partial charge is 0.223 e. The lowest BCUT2D eigenvalue weighted by Gasteiger charge is -2.39. The second-order valence-corrected chi connectivity index (χ2v) is 8.28. The van der Waals surface area contributed by atoms with Crippen LogP contribution < -0.4 is 10.6 Å². The van der Waals surface area contributed by atoms with Gasteiger partial charge in [0.15, 0.2) is 0 Å². The van der Waals surface area contributed by atoms with E-state index < -0.39 is 0 Å². The molecule has 0 unspecified atom stereocenters. The van der Waals surface area contributed by atoms with Crippen LogP contribution >= 0.6 is 0 Å². The first-order valence-electron chi connectivity index (χ1n) is 9.68. The van der Waals surface area contributed by atoms with E-state index in [1.54, 1.807) is 0 Å². The number of aromatic nitrogens is 2. The van der Waals surface area contributed by atoms with Gasteiger partial charge in [-0.05, 0) is 52.0 Å². The fraction of sp³-hybridized carbons (Fsp3) is 0.789. The fourth-order valence-electron chi connectivity index (χ4n) is 4.39. The van der Waals surface area contributed by atoms with Crippen LogP contribution in [0.2, 0.25) is 0 Å². The number of carbonyl (C=O) groups is 1. The SMILES string of the molecule is Cc1cc(C)n(CC2(CNC(=O)[C@H]3CC[C@H]4OCCN[C@@H]4C3)CC2)n1. The summed E-state index contributed by atoms with van der Waals surface area (Å²) in [7, 11) is 0. The third-order valence-electron chi connectivity index (χ3n) is 6.18. The largest absolute Gasteiger partial charge is 0.375 e. The Bertz CT molecular complexity index is 637. The maximum atomic E-state index is 12.7. The lowest BCUT2D eigenvalue weighted by atomic mass is 9.82. The van der Waals surface area contributed by atoms with Crippen LogP contribution in [0.5, 0.6) is 0 Å². The summed E-state index contributed by atoms with van der Waals surface area (Å²) in [6, 6.07) is 2.47. The highest BCUT2D eigenvalue weighted by Crippen LogP contribution is 2.46. The van der Waals surface area contributed by atoms with E-state index in [0.29, 0.717) is 12.1 Å². The van der Waals surface area contributed by atoms with E-state index in [4.69, 9.17) is 4.74 Å². The molecule has 0 aromatic carbocycles. The van der Waals surface area contributed by atoms with Crippen molar-refractivity contribution in [2.75, 3.05) is 19.7 Å². The summed E-state index contributed by atoms with van der Waals surface area (Å²) in [6.45, 7) is 7.53. The van der Waals surface area contributed by atoms with Gasteiger partial charge in [0.1, 0.15) is 0 Å². The zero-order chi connectivity index (χ0) is 17.4. The van der Waals surface area contributed by atoms with E-state index >= 15 is 0 Å². The number of amides is 1. The average Bonchev–Trinajstić information content (AvgIpc) is 3.31. The van der Waals surface area contributed by atoms with Crippen LogP contribution in [-0.4, -0.2) is 47.5 Å². The Morgan fingerprint density at radius 3 is 3.00 bits per heavy atom. The van der Waals surface area contributed by atoms with Gasteiger partial charge in [-0.2, -0.15) is 5.10 Å². The minimum atomic E-state index is 0.125. The van der Waals surface area contributed by atoms with Crippen LogP contribution in [0, 0.1) is 25.2 Å². The van der Waals surface area contributed by atoms with Crippen LogP contribution in [-0.2, 0) is 16.1 Å². The molecule has 1 saturated heterocycles. The molecule has 2 saturated carbocycles. The van der Waals surface area contributed by atoms with Crippen LogP contribution in [0.3, 0.4) is 0 Å². The fourth-order valence-corrected chi connectivity index (χ4v) is 4.39. The van der Waals surface area contributed by atoms with E-state index in [1.165, 1.54) is 18.5 Å². The third-order valence-corrected chi connectivity index (χ3v) is 6.18. The zero-order valence-electron chi connectivity index (χ0n) is 15.4. The molecular formula is C19H30N4O2. The molecule has 1 aromatic heterocycles. The number of ether oxygens (including phenoxy) is 1. The lowest BCUT2D eigenvalue weighted by molar-refractivity contribution is -0.128. The maximum Gasteiger partial charge on any atom is 0.223 e. The summed E-state index contributed by atoms with van der Waals surface area (Å²) in [5, 5.41) is 11.3. The number of fused-ring (bicyclic) bond motifs is 1. The summed E-state index contributed by atoms with van der Waals surface area (Å²) in [6.07, 6.45) is 5.50. The van der Waals surface area contributed by atoms with E-state index in [2.05, 4.69) is 33.4 Å². The number of hydrogen-bond acceptors (Lipinski definition) is 4. The molecule has 6 heteroatoms. The molecule has 3 fully saturated rings. The molecule has 1 aromatic rings. The molecule has 2 heterocycles. The van der Waals surface area contributed by atoms with Gasteiger partial charge in [0, 0.05) is 42.7 Å². The second kappa shape index (κ2) is 6.72. The molecule has 2 N–H and O–H groups in total. The van der Waals surface area contributed by atoms with Gasteiger partial charge in [-0.1, -0.05) is 0 Å². The number of hydrogen-bond donors (Lipinski definition) is 2. The summed E-state index contributed by atoms with van der Waals surface area (Å²) in [5.41, 5.74) is 2.48. The van der Waals surface area contributed by atoms with Crippen molar-refractivity contribution in [1.82, 2.24) is 20.4 Å². The highest BCUT2D eigenvalue weighted by molar-refractivity contribution is 5.78. The maximum absolute atomic E-state index is 12.7. The normalized spacial score (nSPS) is 30.6. The van der Waals surface area contributed by atoms with Crippen molar-refractivity contribution in [2.45, 2.75) is 64.6 Å². The van der Waals surface area contributed by atoms with Crippen LogP contribution in [0.4, 0.5) is 0 Å². The highest BCUT2D eigenvalue weighted by Gasteiger charge is 2.44. The molecule has 25 heavy (non-hydrogen) atoms. The molecule has 0 bridgehead atoms. The molecular weight excluding hydrogens is 316 g/mol.